The van der Waals surface area contributed by atoms with Crippen LogP contribution in [0.2, 0.25) is 0 Å². The van der Waals surface area contributed by atoms with Crippen LogP contribution < -0.4 is 0 Å². The van der Waals surface area contributed by atoms with Gasteiger partial charge in [0.2, 0.25) is 0 Å². The molecule has 0 fully saturated rings. The Hall–Kier alpha value is -1.79. The number of hydrogen-bond donors (Lipinski definition) is 0. The number of halogens is 6. The molecule has 0 spiro atoms. The largest absolute Gasteiger partial charge is 0.250 e. The van der Waals surface area contributed by atoms with Crippen LogP contribution in [0.3, 0.4) is 0 Å². The molecular formula is C9HF6N. The Bertz CT molecular complexity index is 595. The highest BCUT2D eigenvalue weighted by Crippen LogP contribution is 2.27. The lowest BCUT2D eigenvalue weighted by Crippen LogP contribution is -2.02. The Morgan fingerprint density at radius 1 is 0.688 bits per heavy atom. The summed E-state index contributed by atoms with van der Waals surface area (Å²) in [5, 5.41) is -1.35. The molecular weight excluding hydrogens is 236 g/mol. The van der Waals surface area contributed by atoms with Gasteiger partial charge in [-0.25, -0.2) is 31.3 Å². The van der Waals surface area contributed by atoms with E-state index in [9.17, 15) is 26.3 Å². The van der Waals surface area contributed by atoms with Gasteiger partial charge in [0.1, 0.15) is 5.52 Å². The molecule has 2 aromatic rings. The van der Waals surface area contributed by atoms with Gasteiger partial charge in [0.25, 0.3) is 0 Å². The maximum absolute atomic E-state index is 13.1. The van der Waals surface area contributed by atoms with Crippen molar-refractivity contribution in [1.82, 2.24) is 4.98 Å². The molecule has 0 saturated carbocycles. The maximum Gasteiger partial charge on any atom is 0.199 e. The molecule has 0 radical (unpaired) electrons. The van der Waals surface area contributed by atoms with Crippen molar-refractivity contribution in [2.24, 2.45) is 0 Å². The number of benzene rings is 1. The highest BCUT2D eigenvalue weighted by Gasteiger charge is 2.25. The van der Waals surface area contributed by atoms with Gasteiger partial charge in [0.05, 0.1) is 11.6 Å². The van der Waals surface area contributed by atoms with Crippen LogP contribution in [0.25, 0.3) is 10.9 Å². The monoisotopic (exact) mass is 237 g/mol. The van der Waals surface area contributed by atoms with Gasteiger partial charge in [-0.3, -0.25) is 0 Å². The molecule has 0 aliphatic carbocycles. The number of aromatic nitrogens is 1. The summed E-state index contributed by atoms with van der Waals surface area (Å²) < 4.78 is 77.2. The average Bonchev–Trinajstić information content (AvgIpc) is 2.27. The van der Waals surface area contributed by atoms with Gasteiger partial charge in [-0.1, -0.05) is 0 Å². The average molecular weight is 237 g/mol. The zero-order valence-corrected chi connectivity index (χ0v) is 7.29. The minimum Gasteiger partial charge on any atom is -0.250 e. The van der Waals surface area contributed by atoms with Crippen molar-refractivity contribution in [1.29, 1.82) is 0 Å². The van der Waals surface area contributed by atoms with Gasteiger partial charge in [-0.05, 0) is 0 Å². The smallest absolute Gasteiger partial charge is 0.199 e. The summed E-state index contributed by atoms with van der Waals surface area (Å²) in [4.78, 5) is 2.97. The van der Waals surface area contributed by atoms with Crippen LogP contribution in [-0.4, -0.2) is 4.98 Å². The van der Waals surface area contributed by atoms with Gasteiger partial charge < -0.3 is 0 Å². The van der Waals surface area contributed by atoms with E-state index in [2.05, 4.69) is 4.98 Å². The van der Waals surface area contributed by atoms with Gasteiger partial charge in [-0.2, -0.15) is 0 Å². The molecule has 0 unspecified atom stereocenters. The Balaban J connectivity index is 3.09. The fourth-order valence-electron chi connectivity index (χ4n) is 1.24. The number of nitrogens with zero attached hydrogens (tertiary/aromatic N) is 1. The van der Waals surface area contributed by atoms with E-state index in [-0.39, 0.29) is 6.20 Å². The molecule has 84 valence electrons. The summed E-state index contributed by atoms with van der Waals surface area (Å²) >= 11 is 0. The normalized spacial score (nSPS) is 11.1. The van der Waals surface area contributed by atoms with E-state index in [0.29, 0.717) is 0 Å². The van der Waals surface area contributed by atoms with E-state index in [0.717, 1.165) is 0 Å². The SMILES string of the molecule is Fc1cnc2c(F)c(F)c(F)c(F)c2c1F. The molecule has 1 aromatic heterocycles. The summed E-state index contributed by atoms with van der Waals surface area (Å²) in [7, 11) is 0. The third kappa shape index (κ3) is 1.24. The highest BCUT2D eigenvalue weighted by molar-refractivity contribution is 5.80. The van der Waals surface area contributed by atoms with E-state index in [4.69, 9.17) is 0 Å². The van der Waals surface area contributed by atoms with Gasteiger partial charge in [-0.15, -0.1) is 0 Å². The van der Waals surface area contributed by atoms with Crippen LogP contribution >= 0.6 is 0 Å². The van der Waals surface area contributed by atoms with Crippen molar-refractivity contribution < 1.29 is 26.3 Å². The molecule has 1 aromatic carbocycles. The predicted molar refractivity (Wildman–Crippen MR) is 41.5 cm³/mol. The minimum atomic E-state index is -2.21. The van der Waals surface area contributed by atoms with E-state index < -0.39 is 45.8 Å². The lowest BCUT2D eigenvalue weighted by atomic mass is 10.1. The topological polar surface area (TPSA) is 12.9 Å². The van der Waals surface area contributed by atoms with Gasteiger partial charge >= 0.3 is 0 Å². The maximum atomic E-state index is 13.1. The Morgan fingerprint density at radius 3 is 1.88 bits per heavy atom. The highest BCUT2D eigenvalue weighted by atomic mass is 19.2. The predicted octanol–water partition coefficient (Wildman–Crippen LogP) is 3.07. The second-order valence-electron chi connectivity index (χ2n) is 2.90. The molecule has 1 nitrogen and oxygen atoms in total. The summed E-state index contributed by atoms with van der Waals surface area (Å²) in [6.07, 6.45) is 0.248. The molecule has 0 aliphatic heterocycles. The minimum absolute atomic E-state index is 0.248. The molecule has 0 aliphatic rings. The first-order valence-corrected chi connectivity index (χ1v) is 3.90. The molecule has 0 atom stereocenters. The molecule has 2 rings (SSSR count). The fraction of sp³-hybridized carbons (Fsp3) is 0. The Kier molecular flexibility index (Phi) is 2.25. The van der Waals surface area contributed by atoms with Crippen LogP contribution in [0.5, 0.6) is 0 Å². The van der Waals surface area contributed by atoms with Crippen molar-refractivity contribution in [2.45, 2.75) is 0 Å². The van der Waals surface area contributed by atoms with Gasteiger partial charge in [0.15, 0.2) is 34.9 Å². The van der Waals surface area contributed by atoms with Crippen molar-refractivity contribution in [3.8, 4) is 0 Å². The van der Waals surface area contributed by atoms with Crippen LogP contribution in [0.4, 0.5) is 26.3 Å². The molecule has 0 N–H and O–H groups in total. The van der Waals surface area contributed by atoms with Gasteiger partial charge in [0, 0.05) is 0 Å². The van der Waals surface area contributed by atoms with E-state index in [1.165, 1.54) is 0 Å². The van der Waals surface area contributed by atoms with Crippen molar-refractivity contribution in [3.63, 3.8) is 0 Å². The fourth-order valence-corrected chi connectivity index (χ4v) is 1.24. The molecule has 16 heavy (non-hydrogen) atoms. The lowest BCUT2D eigenvalue weighted by Gasteiger charge is -2.04. The first-order valence-electron chi connectivity index (χ1n) is 3.90. The van der Waals surface area contributed by atoms with Crippen LogP contribution in [0.1, 0.15) is 0 Å². The second-order valence-corrected chi connectivity index (χ2v) is 2.90. The summed E-state index contributed by atoms with van der Waals surface area (Å²) in [6.45, 7) is 0. The van der Waals surface area contributed by atoms with Crippen molar-refractivity contribution >= 4 is 10.9 Å². The Labute approximate surface area is 84.3 Å². The third-order valence-electron chi connectivity index (χ3n) is 1.98. The quantitative estimate of drug-likeness (QED) is 0.390. The third-order valence-corrected chi connectivity index (χ3v) is 1.98. The molecule has 1 heterocycles. The zero-order chi connectivity index (χ0) is 12.0. The Morgan fingerprint density at radius 2 is 1.25 bits per heavy atom. The van der Waals surface area contributed by atoms with Crippen LogP contribution in [-0.2, 0) is 0 Å². The molecule has 0 bridgehead atoms. The number of fused-ring (bicyclic) bond motifs is 1. The molecule has 0 saturated heterocycles. The summed E-state index contributed by atoms with van der Waals surface area (Å²) in [6, 6.07) is 0. The summed E-state index contributed by atoms with van der Waals surface area (Å²) in [5.41, 5.74) is -1.10. The molecule has 0 amide bonds. The standard InChI is InChI=1S/C9HF6N/c10-2-1-16-9-3(4(2)11)5(12)6(13)7(14)8(9)15/h1H. The first-order chi connectivity index (χ1) is 7.45. The van der Waals surface area contributed by atoms with Crippen molar-refractivity contribution in [3.05, 3.63) is 41.1 Å². The van der Waals surface area contributed by atoms with E-state index in [1.54, 1.807) is 0 Å². The van der Waals surface area contributed by atoms with Crippen LogP contribution in [0, 0.1) is 34.9 Å². The number of rotatable bonds is 0. The first kappa shape index (κ1) is 10.7. The van der Waals surface area contributed by atoms with Crippen molar-refractivity contribution in [2.75, 3.05) is 0 Å². The molecule has 7 heteroatoms. The summed E-state index contributed by atoms with van der Waals surface area (Å²) in [5.74, 6) is -11.6. The number of hydrogen-bond acceptors (Lipinski definition) is 1. The number of pyridine rings is 1. The van der Waals surface area contributed by atoms with E-state index in [1.807, 2.05) is 0 Å². The van der Waals surface area contributed by atoms with E-state index >= 15 is 0 Å². The second kappa shape index (κ2) is 3.36. The van der Waals surface area contributed by atoms with Crippen LogP contribution in [0.15, 0.2) is 6.20 Å². The lowest BCUT2D eigenvalue weighted by molar-refractivity contribution is 0.413. The zero-order valence-electron chi connectivity index (χ0n) is 7.29.